The summed E-state index contributed by atoms with van der Waals surface area (Å²) in [6.45, 7) is 0.434. The van der Waals surface area contributed by atoms with Crippen molar-refractivity contribution in [2.45, 2.75) is 6.54 Å². The zero-order valence-electron chi connectivity index (χ0n) is 10.3. The Morgan fingerprint density at radius 1 is 1.25 bits per heavy atom. The summed E-state index contributed by atoms with van der Waals surface area (Å²) in [4.78, 5) is 10.5. The summed E-state index contributed by atoms with van der Waals surface area (Å²) in [6.07, 6.45) is 0. The second kappa shape index (κ2) is 6.04. The number of rotatable bonds is 4. The lowest BCUT2D eigenvalue weighted by molar-refractivity contribution is -0.384. The van der Waals surface area contributed by atoms with Crippen LogP contribution >= 0.6 is 11.6 Å². The molecule has 5 nitrogen and oxygen atoms in total. The van der Waals surface area contributed by atoms with Gasteiger partial charge in [0.2, 0.25) is 0 Å². The smallest absolute Gasteiger partial charge is 0.293 e. The van der Waals surface area contributed by atoms with Crippen LogP contribution in [0.1, 0.15) is 11.1 Å². The molecule has 20 heavy (non-hydrogen) atoms. The molecular formula is C14H10ClN3O2. The van der Waals surface area contributed by atoms with Gasteiger partial charge in [-0.15, -0.1) is 0 Å². The quantitative estimate of drug-likeness (QED) is 0.686. The first-order valence-corrected chi connectivity index (χ1v) is 6.15. The first-order valence-electron chi connectivity index (χ1n) is 5.77. The van der Waals surface area contributed by atoms with Crippen molar-refractivity contribution in [3.8, 4) is 6.07 Å². The third-order valence-electron chi connectivity index (χ3n) is 2.72. The highest BCUT2D eigenvalue weighted by Crippen LogP contribution is 2.26. The second-order valence-electron chi connectivity index (χ2n) is 4.08. The molecule has 2 rings (SSSR count). The molecule has 0 bridgehead atoms. The van der Waals surface area contributed by atoms with Crippen molar-refractivity contribution >= 4 is 23.0 Å². The molecule has 2 aromatic rings. The van der Waals surface area contributed by atoms with E-state index in [1.54, 1.807) is 12.1 Å². The number of nitrogens with one attached hydrogen (secondary N) is 1. The van der Waals surface area contributed by atoms with Crippen LogP contribution in [0.15, 0.2) is 42.5 Å². The lowest BCUT2D eigenvalue weighted by Crippen LogP contribution is -2.02. The predicted molar refractivity (Wildman–Crippen MR) is 76.6 cm³/mol. The second-order valence-corrected chi connectivity index (χ2v) is 4.52. The van der Waals surface area contributed by atoms with Gasteiger partial charge in [0, 0.05) is 17.6 Å². The van der Waals surface area contributed by atoms with Crippen LogP contribution in [0.3, 0.4) is 0 Å². The molecule has 2 aromatic carbocycles. The van der Waals surface area contributed by atoms with Crippen LogP contribution in [-0.4, -0.2) is 4.92 Å². The van der Waals surface area contributed by atoms with Gasteiger partial charge in [0.15, 0.2) is 0 Å². The topological polar surface area (TPSA) is 79.0 Å². The normalized spacial score (nSPS) is 9.80. The summed E-state index contributed by atoms with van der Waals surface area (Å²) >= 11 is 5.79. The fourth-order valence-electron chi connectivity index (χ4n) is 1.70. The fourth-order valence-corrected chi connectivity index (χ4v) is 1.83. The lowest BCUT2D eigenvalue weighted by atomic mass is 10.1. The summed E-state index contributed by atoms with van der Waals surface area (Å²) < 4.78 is 0. The Labute approximate surface area is 120 Å². The van der Waals surface area contributed by atoms with Gasteiger partial charge in [-0.3, -0.25) is 10.1 Å². The number of nitriles is 1. The van der Waals surface area contributed by atoms with Crippen LogP contribution in [0.2, 0.25) is 5.02 Å². The Bertz CT molecular complexity index is 678. The first kappa shape index (κ1) is 13.8. The maximum atomic E-state index is 11.0. The summed E-state index contributed by atoms with van der Waals surface area (Å²) in [5.74, 6) is 0. The molecule has 0 aliphatic carbocycles. The number of nitrogens with zero attached hydrogens (tertiary/aromatic N) is 2. The van der Waals surface area contributed by atoms with E-state index in [1.807, 2.05) is 18.2 Å². The van der Waals surface area contributed by atoms with E-state index in [-0.39, 0.29) is 11.3 Å². The molecule has 0 amide bonds. The molecule has 100 valence electrons. The molecule has 0 fully saturated rings. The monoisotopic (exact) mass is 287 g/mol. The van der Waals surface area contributed by atoms with Crippen molar-refractivity contribution in [3.05, 3.63) is 68.7 Å². The van der Waals surface area contributed by atoms with Crippen molar-refractivity contribution in [2.75, 3.05) is 5.32 Å². The maximum absolute atomic E-state index is 11.0. The van der Waals surface area contributed by atoms with E-state index in [0.717, 1.165) is 5.56 Å². The molecule has 6 heteroatoms. The number of halogens is 1. The van der Waals surface area contributed by atoms with E-state index < -0.39 is 4.92 Å². The van der Waals surface area contributed by atoms with E-state index in [0.29, 0.717) is 17.3 Å². The van der Waals surface area contributed by atoms with Crippen molar-refractivity contribution in [2.24, 2.45) is 0 Å². The van der Waals surface area contributed by atoms with Crippen molar-refractivity contribution in [1.29, 1.82) is 5.26 Å². The number of benzene rings is 2. The highest BCUT2D eigenvalue weighted by Gasteiger charge is 2.14. The highest BCUT2D eigenvalue weighted by molar-refractivity contribution is 6.30. The molecule has 0 saturated carbocycles. The summed E-state index contributed by atoms with van der Waals surface area (Å²) in [5, 5.41) is 23.4. The number of anilines is 1. The Morgan fingerprint density at radius 3 is 2.55 bits per heavy atom. The van der Waals surface area contributed by atoms with Gasteiger partial charge >= 0.3 is 0 Å². The highest BCUT2D eigenvalue weighted by atomic mass is 35.5. The zero-order valence-corrected chi connectivity index (χ0v) is 11.1. The SMILES string of the molecule is N#Cc1ccc(NCc2ccc(Cl)cc2)c([N+](=O)[O-])c1. The van der Waals surface area contributed by atoms with E-state index >= 15 is 0 Å². The molecule has 0 atom stereocenters. The van der Waals surface area contributed by atoms with Gasteiger partial charge in [-0.2, -0.15) is 5.26 Å². The third-order valence-corrected chi connectivity index (χ3v) is 2.97. The minimum absolute atomic E-state index is 0.113. The first-order chi connectivity index (χ1) is 9.60. The fraction of sp³-hybridized carbons (Fsp3) is 0.0714. The molecule has 0 aliphatic rings. The molecule has 1 N–H and O–H groups in total. The average Bonchev–Trinajstić information content (AvgIpc) is 2.46. The summed E-state index contributed by atoms with van der Waals surface area (Å²) in [6, 6.07) is 13.4. The number of hydrogen-bond donors (Lipinski definition) is 1. The molecule has 0 heterocycles. The van der Waals surface area contributed by atoms with Crippen LogP contribution in [0.4, 0.5) is 11.4 Å². The molecule has 0 saturated heterocycles. The number of nitro groups is 1. The standard InChI is InChI=1S/C14H10ClN3O2/c15-12-4-1-10(2-5-12)9-17-13-6-3-11(8-16)7-14(13)18(19)20/h1-7,17H,9H2. The van der Waals surface area contributed by atoms with E-state index in [1.165, 1.54) is 18.2 Å². The Kier molecular flexibility index (Phi) is 4.18. The van der Waals surface area contributed by atoms with Crippen LogP contribution in [0, 0.1) is 21.4 Å². The van der Waals surface area contributed by atoms with Gasteiger partial charge in [0.05, 0.1) is 16.6 Å². The van der Waals surface area contributed by atoms with Gasteiger partial charge in [-0.05, 0) is 29.8 Å². The molecule has 0 spiro atoms. The third kappa shape index (κ3) is 3.25. The van der Waals surface area contributed by atoms with Gasteiger partial charge < -0.3 is 5.32 Å². The van der Waals surface area contributed by atoms with Gasteiger partial charge in [-0.25, -0.2) is 0 Å². The lowest BCUT2D eigenvalue weighted by Gasteiger charge is -2.07. The van der Waals surface area contributed by atoms with Crippen LogP contribution < -0.4 is 5.32 Å². The van der Waals surface area contributed by atoms with Crippen LogP contribution in [0.25, 0.3) is 0 Å². The minimum Gasteiger partial charge on any atom is -0.375 e. The number of nitro benzene ring substituents is 1. The van der Waals surface area contributed by atoms with Gasteiger partial charge in [0.25, 0.3) is 5.69 Å². The molecule has 0 unspecified atom stereocenters. The molecule has 0 radical (unpaired) electrons. The van der Waals surface area contributed by atoms with Crippen molar-refractivity contribution in [3.63, 3.8) is 0 Å². The van der Waals surface area contributed by atoms with Crippen LogP contribution in [-0.2, 0) is 6.54 Å². The van der Waals surface area contributed by atoms with E-state index in [4.69, 9.17) is 16.9 Å². The average molecular weight is 288 g/mol. The Balaban J connectivity index is 2.19. The maximum Gasteiger partial charge on any atom is 0.293 e. The summed E-state index contributed by atoms with van der Waals surface area (Å²) in [7, 11) is 0. The van der Waals surface area contributed by atoms with Crippen molar-refractivity contribution in [1.82, 2.24) is 0 Å². The Hall–Kier alpha value is -2.58. The van der Waals surface area contributed by atoms with E-state index in [9.17, 15) is 10.1 Å². The predicted octanol–water partition coefficient (Wildman–Crippen LogP) is 3.73. The van der Waals surface area contributed by atoms with E-state index in [2.05, 4.69) is 5.32 Å². The number of hydrogen-bond acceptors (Lipinski definition) is 4. The largest absolute Gasteiger partial charge is 0.375 e. The summed E-state index contributed by atoms with van der Waals surface area (Å²) in [5.41, 5.74) is 1.48. The van der Waals surface area contributed by atoms with Gasteiger partial charge in [-0.1, -0.05) is 23.7 Å². The minimum atomic E-state index is -0.509. The van der Waals surface area contributed by atoms with Crippen LogP contribution in [0.5, 0.6) is 0 Å². The molecule has 0 aliphatic heterocycles. The van der Waals surface area contributed by atoms with Gasteiger partial charge in [0.1, 0.15) is 5.69 Å². The molecular weight excluding hydrogens is 278 g/mol. The van der Waals surface area contributed by atoms with Crippen molar-refractivity contribution < 1.29 is 4.92 Å². The molecule has 0 aromatic heterocycles. The Morgan fingerprint density at radius 2 is 1.95 bits per heavy atom. The zero-order chi connectivity index (χ0) is 14.5.